The van der Waals surface area contributed by atoms with Gasteiger partial charge in [0.2, 0.25) is 11.6 Å². The quantitative estimate of drug-likeness (QED) is 0.568. The number of hydrazone groups is 1. The number of nitriles is 1. The highest BCUT2D eigenvalue weighted by Crippen LogP contribution is 2.22. The van der Waals surface area contributed by atoms with Crippen LogP contribution in [0.4, 0.5) is 5.88 Å². The number of oxazole rings is 1. The molecule has 0 saturated carbocycles. The first-order valence-corrected chi connectivity index (χ1v) is 6.95. The number of fused-ring (bicyclic) bond motifs is 1. The van der Waals surface area contributed by atoms with Crippen LogP contribution < -0.4 is 5.43 Å². The van der Waals surface area contributed by atoms with Gasteiger partial charge in [-0.15, -0.1) is 0 Å². The Balaban J connectivity index is 1.82. The van der Waals surface area contributed by atoms with Crippen molar-refractivity contribution >= 4 is 23.0 Å². The number of nitrogens with one attached hydrogen (secondary N) is 2. The van der Waals surface area contributed by atoms with Crippen LogP contribution in [-0.4, -0.2) is 16.2 Å². The Morgan fingerprint density at radius 2 is 2.23 bits per heavy atom. The molecule has 0 bridgehead atoms. The number of aromatic amines is 1. The third-order valence-corrected chi connectivity index (χ3v) is 3.23. The number of aromatic nitrogens is 2. The Morgan fingerprint density at radius 1 is 1.41 bits per heavy atom. The van der Waals surface area contributed by atoms with Gasteiger partial charge in [-0.3, -0.25) is 0 Å². The van der Waals surface area contributed by atoms with Gasteiger partial charge in [-0.05, 0) is 6.07 Å². The Hall–Kier alpha value is -3.07. The third-order valence-electron chi connectivity index (χ3n) is 3.23. The van der Waals surface area contributed by atoms with E-state index in [1.807, 2.05) is 50.4 Å². The summed E-state index contributed by atoms with van der Waals surface area (Å²) in [6.07, 6.45) is 3.55. The minimum atomic E-state index is 0.111. The number of nitrogens with zero attached hydrogens (tertiary/aromatic N) is 3. The molecular formula is C16H15N5O. The molecule has 2 aromatic heterocycles. The van der Waals surface area contributed by atoms with Crippen molar-refractivity contribution in [3.05, 3.63) is 47.6 Å². The molecule has 6 nitrogen and oxygen atoms in total. The van der Waals surface area contributed by atoms with Crippen molar-refractivity contribution in [2.24, 2.45) is 5.10 Å². The van der Waals surface area contributed by atoms with E-state index in [-0.39, 0.29) is 17.5 Å². The summed E-state index contributed by atoms with van der Waals surface area (Å²) in [5, 5.41) is 14.3. The number of para-hydroxylation sites is 1. The zero-order valence-electron chi connectivity index (χ0n) is 12.3. The van der Waals surface area contributed by atoms with Gasteiger partial charge in [-0.1, -0.05) is 32.0 Å². The van der Waals surface area contributed by atoms with E-state index in [9.17, 15) is 0 Å². The van der Waals surface area contributed by atoms with E-state index in [2.05, 4.69) is 20.5 Å². The average Bonchev–Trinajstić information content (AvgIpc) is 3.12. The normalized spacial score (nSPS) is 11.4. The van der Waals surface area contributed by atoms with Crippen molar-refractivity contribution in [1.82, 2.24) is 9.97 Å². The first kappa shape index (κ1) is 13.9. The van der Waals surface area contributed by atoms with Crippen LogP contribution in [0.15, 0.2) is 40.0 Å². The molecule has 2 N–H and O–H groups in total. The summed E-state index contributed by atoms with van der Waals surface area (Å²) in [6, 6.07) is 9.95. The van der Waals surface area contributed by atoms with E-state index in [1.165, 1.54) is 0 Å². The van der Waals surface area contributed by atoms with Gasteiger partial charge < -0.3 is 9.40 Å². The average molecular weight is 293 g/mol. The number of rotatable bonds is 4. The monoisotopic (exact) mass is 293 g/mol. The number of benzene rings is 1. The van der Waals surface area contributed by atoms with E-state index in [1.54, 1.807) is 6.21 Å². The molecule has 0 spiro atoms. The minimum Gasteiger partial charge on any atom is -0.422 e. The van der Waals surface area contributed by atoms with Gasteiger partial charge in [0, 0.05) is 28.6 Å². The smallest absolute Gasteiger partial charge is 0.252 e. The molecule has 6 heteroatoms. The molecule has 2 heterocycles. The number of hydrogen-bond acceptors (Lipinski definition) is 5. The Bertz CT molecular complexity index is 866. The molecule has 0 atom stereocenters. The summed E-state index contributed by atoms with van der Waals surface area (Å²) in [7, 11) is 0. The molecule has 0 amide bonds. The van der Waals surface area contributed by atoms with Gasteiger partial charge in [0.1, 0.15) is 6.07 Å². The molecule has 1 aromatic carbocycles. The molecule has 0 unspecified atom stereocenters. The maximum atomic E-state index is 9.07. The van der Waals surface area contributed by atoms with Crippen molar-refractivity contribution in [3.8, 4) is 6.07 Å². The lowest BCUT2D eigenvalue weighted by atomic mass is 10.2. The summed E-state index contributed by atoms with van der Waals surface area (Å²) in [5.74, 6) is 0.892. The van der Waals surface area contributed by atoms with Gasteiger partial charge in [0.15, 0.2) is 0 Å². The molecule has 0 saturated heterocycles. The number of H-pyrrole nitrogens is 1. The second-order valence-electron chi connectivity index (χ2n) is 5.16. The van der Waals surface area contributed by atoms with Crippen LogP contribution in [0.5, 0.6) is 0 Å². The van der Waals surface area contributed by atoms with Gasteiger partial charge in [-0.25, -0.2) is 10.4 Å². The van der Waals surface area contributed by atoms with Crippen LogP contribution in [0, 0.1) is 11.3 Å². The zero-order valence-corrected chi connectivity index (χ0v) is 12.3. The Labute approximate surface area is 127 Å². The maximum absolute atomic E-state index is 9.07. The minimum absolute atomic E-state index is 0.111. The van der Waals surface area contributed by atoms with Gasteiger partial charge >= 0.3 is 0 Å². The van der Waals surface area contributed by atoms with Crippen molar-refractivity contribution in [2.45, 2.75) is 19.8 Å². The third kappa shape index (κ3) is 2.56. The standard InChI is InChI=1S/C16H15N5O/c1-10(2)15-20-14(7-17)16(22-15)21-19-9-11-8-18-13-6-4-3-5-12(11)13/h3-6,8-10,18,21H,1-2H3. The SMILES string of the molecule is CC(C)c1nc(C#N)c(NN=Cc2c[nH]c3ccccc23)o1. The predicted octanol–water partition coefficient (Wildman–Crippen LogP) is 3.60. The predicted molar refractivity (Wildman–Crippen MR) is 84.8 cm³/mol. The molecule has 0 aliphatic heterocycles. The summed E-state index contributed by atoms with van der Waals surface area (Å²) in [4.78, 5) is 7.29. The van der Waals surface area contributed by atoms with E-state index in [0.717, 1.165) is 16.5 Å². The highest BCUT2D eigenvalue weighted by atomic mass is 16.4. The Kier molecular flexibility index (Phi) is 3.62. The van der Waals surface area contributed by atoms with Crippen LogP contribution in [0.1, 0.15) is 36.9 Å². The van der Waals surface area contributed by atoms with Crippen molar-refractivity contribution < 1.29 is 4.42 Å². The van der Waals surface area contributed by atoms with Gasteiger partial charge in [0.05, 0.1) is 6.21 Å². The summed E-state index contributed by atoms with van der Waals surface area (Å²) in [5.41, 5.74) is 4.95. The number of anilines is 1. The van der Waals surface area contributed by atoms with Crippen molar-refractivity contribution in [1.29, 1.82) is 5.26 Å². The lowest BCUT2D eigenvalue weighted by molar-refractivity contribution is 0.481. The van der Waals surface area contributed by atoms with Crippen molar-refractivity contribution in [2.75, 3.05) is 5.43 Å². The summed E-state index contributed by atoms with van der Waals surface area (Å²) >= 11 is 0. The highest BCUT2D eigenvalue weighted by molar-refractivity contribution is 5.99. The molecule has 3 aromatic rings. The first-order chi connectivity index (χ1) is 10.7. The second kappa shape index (κ2) is 5.74. The summed E-state index contributed by atoms with van der Waals surface area (Å²) in [6.45, 7) is 3.90. The van der Waals surface area contributed by atoms with Gasteiger partial charge in [0.25, 0.3) is 5.88 Å². The molecule has 0 aliphatic carbocycles. The Morgan fingerprint density at radius 3 is 3.00 bits per heavy atom. The van der Waals surface area contributed by atoms with Crippen LogP contribution >= 0.6 is 0 Å². The lowest BCUT2D eigenvalue weighted by Crippen LogP contribution is -1.91. The maximum Gasteiger partial charge on any atom is 0.252 e. The fourth-order valence-electron chi connectivity index (χ4n) is 2.10. The van der Waals surface area contributed by atoms with Crippen molar-refractivity contribution in [3.63, 3.8) is 0 Å². The summed E-state index contributed by atoms with van der Waals surface area (Å²) < 4.78 is 5.51. The van der Waals surface area contributed by atoms with E-state index >= 15 is 0 Å². The molecule has 110 valence electrons. The lowest BCUT2D eigenvalue weighted by Gasteiger charge is -1.96. The van der Waals surface area contributed by atoms with Crippen LogP contribution in [0.25, 0.3) is 10.9 Å². The van der Waals surface area contributed by atoms with E-state index < -0.39 is 0 Å². The fourth-order valence-corrected chi connectivity index (χ4v) is 2.10. The molecule has 0 aliphatic rings. The molecule has 3 rings (SSSR count). The molecule has 0 radical (unpaired) electrons. The molecule has 22 heavy (non-hydrogen) atoms. The molecule has 0 fully saturated rings. The highest BCUT2D eigenvalue weighted by Gasteiger charge is 2.14. The largest absolute Gasteiger partial charge is 0.422 e. The van der Waals surface area contributed by atoms with Crippen LogP contribution in [0.3, 0.4) is 0 Å². The van der Waals surface area contributed by atoms with E-state index in [4.69, 9.17) is 9.68 Å². The van der Waals surface area contributed by atoms with Crippen LogP contribution in [0.2, 0.25) is 0 Å². The topological polar surface area (TPSA) is 90.0 Å². The molecular weight excluding hydrogens is 278 g/mol. The number of hydrogen-bond donors (Lipinski definition) is 2. The zero-order chi connectivity index (χ0) is 15.5. The van der Waals surface area contributed by atoms with E-state index in [0.29, 0.717) is 5.89 Å². The fraction of sp³-hybridized carbons (Fsp3) is 0.188. The van der Waals surface area contributed by atoms with Gasteiger partial charge in [-0.2, -0.15) is 10.4 Å². The second-order valence-corrected chi connectivity index (χ2v) is 5.16. The van der Waals surface area contributed by atoms with Crippen LogP contribution in [-0.2, 0) is 0 Å². The first-order valence-electron chi connectivity index (χ1n) is 6.95.